The number of hydrogen-bond donors (Lipinski definition) is 1. The smallest absolute Gasteiger partial charge is 0.123 e. The zero-order valence-corrected chi connectivity index (χ0v) is 13.6. The zero-order chi connectivity index (χ0) is 14.0. The van der Waals surface area contributed by atoms with Gasteiger partial charge >= 0.3 is 0 Å². The molecule has 1 saturated carbocycles. The van der Waals surface area contributed by atoms with Crippen LogP contribution in [-0.2, 0) is 6.54 Å². The highest BCUT2D eigenvalue weighted by Gasteiger charge is 2.33. The van der Waals surface area contributed by atoms with Crippen LogP contribution in [0.15, 0.2) is 24.3 Å². The van der Waals surface area contributed by atoms with Gasteiger partial charge in [0.1, 0.15) is 5.82 Å². The van der Waals surface area contributed by atoms with E-state index in [1.807, 2.05) is 12.1 Å². The third-order valence-corrected chi connectivity index (χ3v) is 4.60. The van der Waals surface area contributed by atoms with Crippen LogP contribution in [0.4, 0.5) is 4.39 Å². The second-order valence-electron chi connectivity index (χ2n) is 6.98. The lowest BCUT2D eigenvalue weighted by molar-refractivity contribution is 0.164. The molecular weight excluding hydrogens is 287 g/mol. The summed E-state index contributed by atoms with van der Waals surface area (Å²) in [5, 5.41) is 3.48. The topological polar surface area (TPSA) is 15.3 Å². The Balaban J connectivity index is 0.00000161. The van der Waals surface area contributed by atoms with Crippen LogP contribution in [0.3, 0.4) is 0 Å². The molecule has 2 fully saturated rings. The molecular formula is C17H26ClFN2. The molecule has 0 bridgehead atoms. The van der Waals surface area contributed by atoms with Crippen LogP contribution in [0.1, 0.15) is 31.7 Å². The number of halogens is 2. The molecule has 1 saturated heterocycles. The zero-order valence-electron chi connectivity index (χ0n) is 12.8. The minimum Gasteiger partial charge on any atom is -0.316 e. The van der Waals surface area contributed by atoms with Gasteiger partial charge in [-0.1, -0.05) is 19.1 Å². The van der Waals surface area contributed by atoms with E-state index < -0.39 is 0 Å². The van der Waals surface area contributed by atoms with Gasteiger partial charge in [-0.15, -0.1) is 12.4 Å². The van der Waals surface area contributed by atoms with E-state index in [1.54, 1.807) is 12.1 Å². The highest BCUT2D eigenvalue weighted by Crippen LogP contribution is 2.33. The molecule has 1 unspecified atom stereocenters. The summed E-state index contributed by atoms with van der Waals surface area (Å²) in [6.07, 6.45) is 4.03. The first-order valence-corrected chi connectivity index (χ1v) is 7.81. The molecule has 0 amide bonds. The highest BCUT2D eigenvalue weighted by molar-refractivity contribution is 5.85. The molecule has 0 aromatic heterocycles. The molecule has 2 aliphatic rings. The van der Waals surface area contributed by atoms with Crippen molar-refractivity contribution in [2.45, 2.75) is 32.7 Å². The average Bonchev–Trinajstić information content (AvgIpc) is 3.12. The Morgan fingerprint density at radius 2 is 2.00 bits per heavy atom. The fourth-order valence-corrected chi connectivity index (χ4v) is 3.24. The van der Waals surface area contributed by atoms with Gasteiger partial charge in [0, 0.05) is 26.2 Å². The summed E-state index contributed by atoms with van der Waals surface area (Å²) in [6, 6.07) is 6.99. The Hall–Kier alpha value is -0.640. The molecule has 1 aromatic rings. The number of nitrogens with one attached hydrogen (secondary N) is 1. The number of hydrogen-bond acceptors (Lipinski definition) is 2. The monoisotopic (exact) mass is 312 g/mol. The second-order valence-corrected chi connectivity index (χ2v) is 6.98. The molecule has 21 heavy (non-hydrogen) atoms. The van der Waals surface area contributed by atoms with E-state index in [4.69, 9.17) is 0 Å². The molecule has 1 heterocycles. The number of rotatable bonds is 6. The maximum absolute atomic E-state index is 13.0. The summed E-state index contributed by atoms with van der Waals surface area (Å²) < 4.78 is 13.0. The van der Waals surface area contributed by atoms with Crippen molar-refractivity contribution in [3.63, 3.8) is 0 Å². The van der Waals surface area contributed by atoms with Gasteiger partial charge in [-0.3, -0.25) is 4.90 Å². The fourth-order valence-electron chi connectivity index (χ4n) is 3.24. The van der Waals surface area contributed by atoms with Crippen LogP contribution < -0.4 is 5.32 Å². The molecule has 4 heteroatoms. The van der Waals surface area contributed by atoms with Crippen LogP contribution in [0, 0.1) is 17.2 Å². The second kappa shape index (κ2) is 7.08. The van der Waals surface area contributed by atoms with Gasteiger partial charge < -0.3 is 5.32 Å². The molecule has 1 aliphatic heterocycles. The fraction of sp³-hybridized carbons (Fsp3) is 0.647. The Labute approximate surface area is 133 Å². The van der Waals surface area contributed by atoms with Crippen molar-refractivity contribution in [1.82, 2.24) is 10.2 Å². The molecule has 3 rings (SSSR count). The Kier molecular flexibility index (Phi) is 5.64. The van der Waals surface area contributed by atoms with Crippen molar-refractivity contribution in [3.05, 3.63) is 35.6 Å². The summed E-state index contributed by atoms with van der Waals surface area (Å²) in [4.78, 5) is 2.58. The molecule has 1 aliphatic carbocycles. The van der Waals surface area contributed by atoms with Crippen molar-refractivity contribution in [3.8, 4) is 0 Å². The largest absolute Gasteiger partial charge is 0.316 e. The van der Waals surface area contributed by atoms with Gasteiger partial charge in [-0.2, -0.15) is 0 Å². The molecule has 1 aromatic carbocycles. The van der Waals surface area contributed by atoms with Crippen LogP contribution in [0.5, 0.6) is 0 Å². The van der Waals surface area contributed by atoms with Gasteiger partial charge in [0.2, 0.25) is 0 Å². The molecule has 118 valence electrons. The lowest BCUT2D eigenvalue weighted by Gasteiger charge is -2.32. The third kappa shape index (κ3) is 4.94. The van der Waals surface area contributed by atoms with Gasteiger partial charge in [0.05, 0.1) is 0 Å². The summed E-state index contributed by atoms with van der Waals surface area (Å²) in [5.41, 5.74) is 1.62. The minimum atomic E-state index is -0.144. The molecule has 2 nitrogen and oxygen atoms in total. The summed E-state index contributed by atoms with van der Waals surface area (Å²) in [7, 11) is 0. The quantitative estimate of drug-likeness (QED) is 0.865. The van der Waals surface area contributed by atoms with Crippen molar-refractivity contribution < 1.29 is 4.39 Å². The normalized spacial score (nSPS) is 25.1. The van der Waals surface area contributed by atoms with Crippen molar-refractivity contribution in [2.75, 3.05) is 26.2 Å². The predicted octanol–water partition coefficient (Wildman–Crippen LogP) is 3.46. The van der Waals surface area contributed by atoms with E-state index in [0.717, 1.165) is 32.1 Å². The number of nitrogens with zero attached hydrogens (tertiary/aromatic N) is 1. The Morgan fingerprint density at radius 1 is 1.29 bits per heavy atom. The summed E-state index contributed by atoms with van der Waals surface area (Å²) in [6.45, 7) is 7.95. The first-order valence-electron chi connectivity index (χ1n) is 7.81. The SMILES string of the molecule is CC1(CN(Cc2ccc(F)cc2)CC2CC2)CCNC1.Cl. The lowest BCUT2D eigenvalue weighted by Crippen LogP contribution is -2.38. The standard InChI is InChI=1S/C17H25FN2.ClH/c1-17(8-9-19-12-17)13-20(10-14-2-3-14)11-15-4-6-16(18)7-5-15;/h4-7,14,19H,2-3,8-13H2,1H3;1H. The third-order valence-electron chi connectivity index (χ3n) is 4.60. The van der Waals surface area contributed by atoms with Crippen LogP contribution in [0.2, 0.25) is 0 Å². The van der Waals surface area contributed by atoms with Gasteiger partial charge in [-0.05, 0) is 54.8 Å². The van der Waals surface area contributed by atoms with Gasteiger partial charge in [0.15, 0.2) is 0 Å². The predicted molar refractivity (Wildman–Crippen MR) is 87.2 cm³/mol. The maximum Gasteiger partial charge on any atom is 0.123 e. The molecule has 0 radical (unpaired) electrons. The van der Waals surface area contributed by atoms with E-state index in [1.165, 1.54) is 31.4 Å². The summed E-state index contributed by atoms with van der Waals surface area (Å²) >= 11 is 0. The summed E-state index contributed by atoms with van der Waals surface area (Å²) in [5.74, 6) is 0.753. The van der Waals surface area contributed by atoms with E-state index in [-0.39, 0.29) is 18.2 Å². The van der Waals surface area contributed by atoms with E-state index in [0.29, 0.717) is 5.41 Å². The minimum absolute atomic E-state index is 0. The Morgan fingerprint density at radius 3 is 2.57 bits per heavy atom. The average molecular weight is 313 g/mol. The van der Waals surface area contributed by atoms with Crippen molar-refractivity contribution in [1.29, 1.82) is 0 Å². The van der Waals surface area contributed by atoms with Crippen molar-refractivity contribution in [2.24, 2.45) is 11.3 Å². The molecule has 0 spiro atoms. The van der Waals surface area contributed by atoms with Crippen LogP contribution in [-0.4, -0.2) is 31.1 Å². The first kappa shape index (κ1) is 16.7. The van der Waals surface area contributed by atoms with Crippen molar-refractivity contribution >= 4 is 12.4 Å². The molecule has 1 N–H and O–H groups in total. The first-order chi connectivity index (χ1) is 9.63. The Bertz CT molecular complexity index is 439. The van der Waals surface area contributed by atoms with E-state index in [2.05, 4.69) is 17.1 Å². The van der Waals surface area contributed by atoms with Gasteiger partial charge in [-0.25, -0.2) is 4.39 Å². The van der Waals surface area contributed by atoms with Crippen LogP contribution >= 0.6 is 12.4 Å². The molecule has 1 atom stereocenters. The lowest BCUT2D eigenvalue weighted by atomic mass is 9.89. The van der Waals surface area contributed by atoms with Crippen LogP contribution in [0.25, 0.3) is 0 Å². The number of benzene rings is 1. The van der Waals surface area contributed by atoms with E-state index in [9.17, 15) is 4.39 Å². The van der Waals surface area contributed by atoms with E-state index >= 15 is 0 Å². The maximum atomic E-state index is 13.0. The van der Waals surface area contributed by atoms with Gasteiger partial charge in [0.25, 0.3) is 0 Å². The highest BCUT2D eigenvalue weighted by atomic mass is 35.5.